The van der Waals surface area contributed by atoms with Crippen molar-refractivity contribution in [2.75, 3.05) is 19.0 Å². The first-order valence-electron chi connectivity index (χ1n) is 7.82. The molecule has 0 saturated heterocycles. The lowest BCUT2D eigenvalue weighted by Gasteiger charge is -2.25. The number of methoxy groups -OCH3 is 1. The van der Waals surface area contributed by atoms with Crippen LogP contribution in [0.3, 0.4) is 0 Å². The lowest BCUT2D eigenvalue weighted by atomic mass is 9.89. The summed E-state index contributed by atoms with van der Waals surface area (Å²) in [7, 11) is 1.58. The van der Waals surface area contributed by atoms with Crippen molar-refractivity contribution in [1.29, 1.82) is 0 Å². The van der Waals surface area contributed by atoms with Gasteiger partial charge in [-0.1, -0.05) is 6.07 Å². The van der Waals surface area contributed by atoms with Gasteiger partial charge < -0.3 is 15.4 Å². The van der Waals surface area contributed by atoms with Gasteiger partial charge in [-0.15, -0.1) is 0 Å². The van der Waals surface area contributed by atoms with Gasteiger partial charge in [-0.3, -0.25) is 14.6 Å². The molecule has 1 aliphatic rings. The topological polar surface area (TPSA) is 80.3 Å². The highest BCUT2D eigenvalue weighted by Gasteiger charge is 2.30. The highest BCUT2D eigenvalue weighted by atomic mass is 16.5. The molecule has 2 N–H and O–H groups in total. The number of nitrogens with zero attached hydrogens (tertiary/aromatic N) is 1. The molecule has 2 aromatic rings. The van der Waals surface area contributed by atoms with Gasteiger partial charge in [-0.25, -0.2) is 0 Å². The zero-order valence-electron chi connectivity index (χ0n) is 13.4. The van der Waals surface area contributed by atoms with Crippen molar-refractivity contribution in [3.63, 3.8) is 0 Å². The van der Waals surface area contributed by atoms with E-state index in [2.05, 4.69) is 15.6 Å². The molecule has 1 aliphatic heterocycles. The van der Waals surface area contributed by atoms with Crippen molar-refractivity contribution in [2.45, 2.75) is 18.8 Å². The summed E-state index contributed by atoms with van der Waals surface area (Å²) in [5.41, 5.74) is 2.51. The molecule has 3 rings (SSSR count). The van der Waals surface area contributed by atoms with Gasteiger partial charge in [0.15, 0.2) is 0 Å². The van der Waals surface area contributed by atoms with E-state index in [-0.39, 0.29) is 18.2 Å². The van der Waals surface area contributed by atoms with Gasteiger partial charge in [0, 0.05) is 31.0 Å². The fourth-order valence-electron chi connectivity index (χ4n) is 2.80. The molecule has 0 fully saturated rings. The molecule has 6 heteroatoms. The van der Waals surface area contributed by atoms with Gasteiger partial charge in [-0.05, 0) is 41.8 Å². The van der Waals surface area contributed by atoms with Crippen LogP contribution in [0.5, 0.6) is 5.75 Å². The lowest BCUT2D eigenvalue weighted by Crippen LogP contribution is -2.36. The summed E-state index contributed by atoms with van der Waals surface area (Å²) in [6, 6.07) is 9.17. The molecule has 2 heterocycles. The van der Waals surface area contributed by atoms with Crippen molar-refractivity contribution < 1.29 is 14.3 Å². The lowest BCUT2D eigenvalue weighted by molar-refractivity contribution is -0.126. The van der Waals surface area contributed by atoms with Gasteiger partial charge in [0.1, 0.15) is 5.75 Å². The molecule has 24 heavy (non-hydrogen) atoms. The number of ether oxygens (including phenoxy) is 1. The number of carbonyl (C=O) groups excluding carboxylic acids is 2. The number of aromatic nitrogens is 1. The van der Waals surface area contributed by atoms with E-state index in [1.165, 1.54) is 0 Å². The Labute approximate surface area is 140 Å². The Hall–Kier alpha value is -2.89. The SMILES string of the molecule is COc1ccc2c(c1)[C@@H](C(=O)NCCc1cccnc1)CC(=O)N2. The van der Waals surface area contributed by atoms with Gasteiger partial charge in [-0.2, -0.15) is 0 Å². The summed E-state index contributed by atoms with van der Waals surface area (Å²) in [4.78, 5) is 28.5. The third-order valence-corrected chi connectivity index (χ3v) is 4.05. The van der Waals surface area contributed by atoms with Crippen LogP contribution in [-0.4, -0.2) is 30.5 Å². The quantitative estimate of drug-likeness (QED) is 0.879. The maximum absolute atomic E-state index is 12.5. The van der Waals surface area contributed by atoms with E-state index in [0.29, 0.717) is 24.4 Å². The van der Waals surface area contributed by atoms with E-state index in [0.717, 1.165) is 11.1 Å². The largest absolute Gasteiger partial charge is 0.497 e. The van der Waals surface area contributed by atoms with Crippen LogP contribution in [0, 0.1) is 0 Å². The maximum Gasteiger partial charge on any atom is 0.228 e. The van der Waals surface area contributed by atoms with Crippen molar-refractivity contribution >= 4 is 17.5 Å². The van der Waals surface area contributed by atoms with Crippen LogP contribution in [0.25, 0.3) is 0 Å². The van der Waals surface area contributed by atoms with Crippen molar-refractivity contribution in [1.82, 2.24) is 10.3 Å². The minimum Gasteiger partial charge on any atom is -0.497 e. The molecular formula is C18H19N3O3. The fraction of sp³-hybridized carbons (Fsp3) is 0.278. The third-order valence-electron chi connectivity index (χ3n) is 4.05. The summed E-state index contributed by atoms with van der Waals surface area (Å²) in [5.74, 6) is -0.140. The van der Waals surface area contributed by atoms with E-state index in [4.69, 9.17) is 4.74 Å². The third kappa shape index (κ3) is 3.53. The Balaban J connectivity index is 1.69. The number of carbonyl (C=O) groups is 2. The number of nitrogens with one attached hydrogen (secondary N) is 2. The zero-order chi connectivity index (χ0) is 16.9. The molecule has 0 unspecified atom stereocenters. The molecular weight excluding hydrogens is 306 g/mol. The van der Waals surface area contributed by atoms with Crippen LogP contribution in [0.15, 0.2) is 42.7 Å². The Morgan fingerprint density at radius 3 is 3.04 bits per heavy atom. The molecule has 1 atom stereocenters. The maximum atomic E-state index is 12.5. The predicted molar refractivity (Wildman–Crippen MR) is 89.9 cm³/mol. The molecule has 1 aromatic heterocycles. The second kappa shape index (κ2) is 7.12. The first kappa shape index (κ1) is 16.0. The molecule has 0 spiro atoms. The summed E-state index contributed by atoms with van der Waals surface area (Å²) in [6.07, 6.45) is 4.33. The van der Waals surface area contributed by atoms with Crippen LogP contribution >= 0.6 is 0 Å². The zero-order valence-corrected chi connectivity index (χ0v) is 13.4. The summed E-state index contributed by atoms with van der Waals surface area (Å²) < 4.78 is 5.22. The number of pyridine rings is 1. The molecule has 2 amide bonds. The molecule has 0 radical (unpaired) electrons. The molecule has 0 saturated carbocycles. The molecule has 6 nitrogen and oxygen atoms in total. The number of fused-ring (bicyclic) bond motifs is 1. The number of hydrogen-bond donors (Lipinski definition) is 2. The minimum absolute atomic E-state index is 0.138. The molecule has 0 aliphatic carbocycles. The van der Waals surface area contributed by atoms with E-state index < -0.39 is 5.92 Å². The average molecular weight is 325 g/mol. The Morgan fingerprint density at radius 2 is 2.29 bits per heavy atom. The minimum atomic E-state index is -0.502. The number of hydrogen-bond acceptors (Lipinski definition) is 4. The van der Waals surface area contributed by atoms with Crippen molar-refractivity contribution in [3.05, 3.63) is 53.9 Å². The van der Waals surface area contributed by atoms with Crippen LogP contribution in [-0.2, 0) is 16.0 Å². The highest BCUT2D eigenvalue weighted by Crippen LogP contribution is 2.34. The van der Waals surface area contributed by atoms with E-state index in [9.17, 15) is 9.59 Å². The van der Waals surface area contributed by atoms with Crippen LogP contribution in [0.1, 0.15) is 23.5 Å². The predicted octanol–water partition coefficient (Wildman–Crippen LogP) is 1.87. The van der Waals surface area contributed by atoms with Gasteiger partial charge >= 0.3 is 0 Å². The number of amides is 2. The molecule has 1 aromatic carbocycles. The monoisotopic (exact) mass is 325 g/mol. The normalized spacial score (nSPS) is 16.0. The Kier molecular flexibility index (Phi) is 4.74. The van der Waals surface area contributed by atoms with E-state index in [1.54, 1.807) is 37.7 Å². The van der Waals surface area contributed by atoms with Crippen molar-refractivity contribution in [2.24, 2.45) is 0 Å². The Bertz CT molecular complexity index is 746. The summed E-state index contributed by atoms with van der Waals surface area (Å²) in [5, 5.41) is 5.71. The highest BCUT2D eigenvalue weighted by molar-refractivity contribution is 6.01. The number of anilines is 1. The molecule has 0 bridgehead atoms. The van der Waals surface area contributed by atoms with Crippen LogP contribution < -0.4 is 15.4 Å². The fourth-order valence-corrected chi connectivity index (χ4v) is 2.80. The second-order valence-electron chi connectivity index (χ2n) is 5.66. The second-order valence-corrected chi connectivity index (χ2v) is 5.66. The smallest absolute Gasteiger partial charge is 0.228 e. The first-order valence-corrected chi connectivity index (χ1v) is 7.82. The number of rotatable bonds is 5. The summed E-state index contributed by atoms with van der Waals surface area (Å²) in [6.45, 7) is 0.502. The first-order chi connectivity index (χ1) is 11.7. The van der Waals surface area contributed by atoms with Crippen molar-refractivity contribution in [3.8, 4) is 5.75 Å². The summed E-state index contributed by atoms with van der Waals surface area (Å²) >= 11 is 0. The van der Waals surface area contributed by atoms with Gasteiger partial charge in [0.2, 0.25) is 11.8 Å². The van der Waals surface area contributed by atoms with Gasteiger partial charge in [0.05, 0.1) is 13.0 Å². The molecule has 124 valence electrons. The standard InChI is InChI=1S/C18H19N3O3/c1-24-13-4-5-16-14(9-13)15(10-17(22)21-16)18(23)20-8-6-12-3-2-7-19-11-12/h2-5,7,9,11,15H,6,8,10H2,1H3,(H,20,23)(H,21,22)/t15-/m0/s1. The number of benzene rings is 1. The van der Waals surface area contributed by atoms with Crippen LogP contribution in [0.2, 0.25) is 0 Å². The Morgan fingerprint density at radius 1 is 1.42 bits per heavy atom. The average Bonchev–Trinajstić information content (AvgIpc) is 2.61. The van der Waals surface area contributed by atoms with E-state index in [1.807, 2.05) is 12.1 Å². The van der Waals surface area contributed by atoms with E-state index >= 15 is 0 Å². The van der Waals surface area contributed by atoms with Crippen LogP contribution in [0.4, 0.5) is 5.69 Å². The van der Waals surface area contributed by atoms with Gasteiger partial charge in [0.25, 0.3) is 0 Å².